The number of carbonyl (C=O) groups excluding carboxylic acids is 1. The van der Waals surface area contributed by atoms with Gasteiger partial charge in [0.05, 0.1) is 35.6 Å². The van der Waals surface area contributed by atoms with E-state index in [1.165, 1.54) is 0 Å². The lowest BCUT2D eigenvalue weighted by molar-refractivity contribution is 0.208. The molecule has 0 aliphatic carbocycles. The maximum Gasteiger partial charge on any atom is 0.322 e. The summed E-state index contributed by atoms with van der Waals surface area (Å²) in [6.45, 7) is 6.83. The number of rotatable bonds is 4. The number of halogens is 1. The van der Waals surface area contributed by atoms with Crippen molar-refractivity contribution in [1.29, 1.82) is 0 Å². The molecule has 2 aromatic carbocycles. The number of piperazine rings is 1. The molecule has 1 aromatic heterocycles. The number of anilines is 2. The summed E-state index contributed by atoms with van der Waals surface area (Å²) in [5.74, 6) is 0.580. The van der Waals surface area contributed by atoms with Crippen LogP contribution in [-0.2, 0) is 0 Å². The highest BCUT2D eigenvalue weighted by atomic mass is 35.5. The molecular weight excluding hydrogens is 414 g/mol. The summed E-state index contributed by atoms with van der Waals surface area (Å²) < 4.78 is 7.30. The first-order valence-corrected chi connectivity index (χ1v) is 10.6. The van der Waals surface area contributed by atoms with Crippen LogP contribution in [0.4, 0.5) is 16.2 Å². The third-order valence-corrected chi connectivity index (χ3v) is 5.78. The molecule has 1 fully saturated rings. The van der Waals surface area contributed by atoms with Gasteiger partial charge in [-0.25, -0.2) is 9.48 Å². The van der Waals surface area contributed by atoms with E-state index in [1.807, 2.05) is 34.7 Å². The highest BCUT2D eigenvalue weighted by Crippen LogP contribution is 2.29. The van der Waals surface area contributed by atoms with Gasteiger partial charge in [-0.15, -0.1) is 0 Å². The molecule has 0 spiro atoms. The number of aromatic nitrogens is 2. The van der Waals surface area contributed by atoms with E-state index in [-0.39, 0.29) is 6.03 Å². The molecule has 8 heteroatoms. The van der Waals surface area contributed by atoms with Gasteiger partial charge in [-0.3, -0.25) is 0 Å². The van der Waals surface area contributed by atoms with Gasteiger partial charge < -0.3 is 19.9 Å². The Morgan fingerprint density at radius 2 is 1.77 bits per heavy atom. The Balaban J connectivity index is 1.44. The van der Waals surface area contributed by atoms with Crippen molar-refractivity contribution in [3.8, 4) is 11.4 Å². The zero-order valence-electron chi connectivity index (χ0n) is 17.9. The summed E-state index contributed by atoms with van der Waals surface area (Å²) in [6, 6.07) is 15.1. The van der Waals surface area contributed by atoms with Gasteiger partial charge in [-0.2, -0.15) is 5.10 Å². The van der Waals surface area contributed by atoms with E-state index >= 15 is 0 Å². The largest absolute Gasteiger partial charge is 0.495 e. The van der Waals surface area contributed by atoms with Crippen molar-refractivity contribution < 1.29 is 9.53 Å². The molecule has 1 aliphatic heterocycles. The van der Waals surface area contributed by atoms with Gasteiger partial charge in [-0.05, 0) is 44.2 Å². The maximum atomic E-state index is 12.8. The molecule has 0 bridgehead atoms. The number of hydrogen-bond acceptors (Lipinski definition) is 4. The van der Waals surface area contributed by atoms with Gasteiger partial charge in [0.2, 0.25) is 0 Å². The second-order valence-corrected chi connectivity index (χ2v) is 7.95. The molecule has 4 rings (SSSR count). The van der Waals surface area contributed by atoms with E-state index in [0.29, 0.717) is 29.5 Å². The van der Waals surface area contributed by atoms with Crippen LogP contribution in [-0.4, -0.2) is 54.0 Å². The number of carbonyl (C=O) groups is 1. The lowest BCUT2D eigenvalue weighted by atomic mass is 10.2. The fourth-order valence-corrected chi connectivity index (χ4v) is 4.19. The molecule has 0 atom stereocenters. The second-order valence-electron chi connectivity index (χ2n) is 7.52. The first-order chi connectivity index (χ1) is 15.0. The fourth-order valence-electron chi connectivity index (χ4n) is 4.02. The average molecular weight is 440 g/mol. The van der Waals surface area contributed by atoms with Crippen LogP contribution in [0, 0.1) is 13.8 Å². The lowest BCUT2D eigenvalue weighted by Gasteiger charge is -2.36. The van der Waals surface area contributed by atoms with E-state index in [9.17, 15) is 4.79 Å². The summed E-state index contributed by atoms with van der Waals surface area (Å²) in [7, 11) is 1.57. The Labute approximate surface area is 187 Å². The van der Waals surface area contributed by atoms with E-state index < -0.39 is 0 Å². The van der Waals surface area contributed by atoms with Crippen molar-refractivity contribution in [2.24, 2.45) is 0 Å². The zero-order chi connectivity index (χ0) is 22.0. The number of nitrogens with zero attached hydrogens (tertiary/aromatic N) is 4. The van der Waals surface area contributed by atoms with Crippen molar-refractivity contribution in [2.75, 3.05) is 43.5 Å². The summed E-state index contributed by atoms with van der Waals surface area (Å²) in [6.07, 6.45) is 0. The molecule has 1 saturated heterocycles. The summed E-state index contributed by atoms with van der Waals surface area (Å²) >= 11 is 6.07. The first-order valence-electron chi connectivity index (χ1n) is 10.2. The summed E-state index contributed by atoms with van der Waals surface area (Å²) in [5, 5.41) is 8.21. The Bertz CT molecular complexity index is 1080. The zero-order valence-corrected chi connectivity index (χ0v) is 18.7. The predicted octanol–water partition coefficient (Wildman–Crippen LogP) is 4.51. The van der Waals surface area contributed by atoms with Gasteiger partial charge in [0.25, 0.3) is 0 Å². The van der Waals surface area contributed by atoms with Crippen LogP contribution in [0.1, 0.15) is 11.4 Å². The number of amides is 2. The molecule has 2 amide bonds. The number of nitrogens with one attached hydrogen (secondary N) is 1. The molecule has 31 heavy (non-hydrogen) atoms. The Morgan fingerprint density at radius 1 is 1.06 bits per heavy atom. The van der Waals surface area contributed by atoms with Crippen LogP contribution < -0.4 is 15.0 Å². The number of methoxy groups -OCH3 is 1. The minimum Gasteiger partial charge on any atom is -0.495 e. The quantitative estimate of drug-likeness (QED) is 0.649. The minimum atomic E-state index is -0.159. The number of urea groups is 1. The monoisotopic (exact) mass is 439 g/mol. The maximum absolute atomic E-state index is 12.8. The van der Waals surface area contributed by atoms with Gasteiger partial charge >= 0.3 is 6.03 Å². The molecule has 2 heterocycles. The van der Waals surface area contributed by atoms with Crippen molar-refractivity contribution in [3.63, 3.8) is 0 Å². The van der Waals surface area contributed by atoms with Gasteiger partial charge in [0.15, 0.2) is 0 Å². The molecule has 1 N–H and O–H groups in total. The second kappa shape index (κ2) is 8.89. The first kappa shape index (κ1) is 21.1. The van der Waals surface area contributed by atoms with Gasteiger partial charge in [0.1, 0.15) is 5.75 Å². The normalized spacial score (nSPS) is 13.9. The predicted molar refractivity (Wildman–Crippen MR) is 124 cm³/mol. The highest BCUT2D eigenvalue weighted by Gasteiger charge is 2.26. The number of para-hydroxylation sites is 1. The standard InChI is InChI=1S/C23H26ClN5O2/c1-16-22(17(2)29(26-16)19-7-5-4-6-8-19)27-11-13-28(14-12-27)23(30)25-20-15-18(24)9-10-21(20)31-3/h4-10,15H,11-14H2,1-3H3,(H,25,30). The Hall–Kier alpha value is -3.19. The topological polar surface area (TPSA) is 62.6 Å². The van der Waals surface area contributed by atoms with Crippen LogP contribution in [0.3, 0.4) is 0 Å². The molecule has 7 nitrogen and oxygen atoms in total. The fraction of sp³-hybridized carbons (Fsp3) is 0.304. The molecule has 3 aromatic rings. The average Bonchev–Trinajstić information content (AvgIpc) is 3.08. The lowest BCUT2D eigenvalue weighted by Crippen LogP contribution is -2.50. The van der Waals surface area contributed by atoms with E-state index in [0.717, 1.165) is 35.9 Å². The number of aryl methyl sites for hydroxylation is 1. The van der Waals surface area contributed by atoms with Crippen LogP contribution >= 0.6 is 11.6 Å². The van der Waals surface area contributed by atoms with Crippen molar-refractivity contribution in [3.05, 3.63) is 64.9 Å². The number of benzene rings is 2. The summed E-state index contributed by atoms with van der Waals surface area (Å²) in [5.41, 5.74) is 4.84. The van der Waals surface area contributed by atoms with Gasteiger partial charge in [0, 0.05) is 31.2 Å². The molecular formula is C23H26ClN5O2. The SMILES string of the molecule is COc1ccc(Cl)cc1NC(=O)N1CCN(c2c(C)nn(-c3ccccc3)c2C)CC1. The van der Waals surface area contributed by atoms with E-state index in [2.05, 4.69) is 29.3 Å². The van der Waals surface area contributed by atoms with E-state index in [1.54, 1.807) is 25.3 Å². The third-order valence-electron chi connectivity index (χ3n) is 5.54. The van der Waals surface area contributed by atoms with Gasteiger partial charge in [-0.1, -0.05) is 29.8 Å². The van der Waals surface area contributed by atoms with E-state index in [4.69, 9.17) is 21.4 Å². The Kier molecular flexibility index (Phi) is 6.04. The Morgan fingerprint density at radius 3 is 2.45 bits per heavy atom. The van der Waals surface area contributed by atoms with Crippen LogP contribution in [0.2, 0.25) is 5.02 Å². The van der Waals surface area contributed by atoms with Crippen molar-refractivity contribution in [2.45, 2.75) is 13.8 Å². The molecule has 0 radical (unpaired) electrons. The van der Waals surface area contributed by atoms with Crippen LogP contribution in [0.25, 0.3) is 5.69 Å². The van der Waals surface area contributed by atoms with Crippen LogP contribution in [0.5, 0.6) is 5.75 Å². The molecule has 162 valence electrons. The number of ether oxygens (including phenoxy) is 1. The molecule has 0 saturated carbocycles. The minimum absolute atomic E-state index is 0.159. The molecule has 0 unspecified atom stereocenters. The molecule has 1 aliphatic rings. The highest BCUT2D eigenvalue weighted by molar-refractivity contribution is 6.31. The summed E-state index contributed by atoms with van der Waals surface area (Å²) in [4.78, 5) is 16.9. The van der Waals surface area contributed by atoms with Crippen molar-refractivity contribution >= 4 is 29.0 Å². The van der Waals surface area contributed by atoms with Crippen LogP contribution in [0.15, 0.2) is 48.5 Å². The van der Waals surface area contributed by atoms with Crippen molar-refractivity contribution in [1.82, 2.24) is 14.7 Å². The third kappa shape index (κ3) is 4.32. The smallest absolute Gasteiger partial charge is 0.322 e. The number of hydrogen-bond donors (Lipinski definition) is 1.